The van der Waals surface area contributed by atoms with Crippen LogP contribution in [-0.2, 0) is 16.6 Å². The molecule has 0 aromatic heterocycles. The average molecular weight is 358 g/mol. The molecule has 0 fully saturated rings. The lowest BCUT2D eigenvalue weighted by Gasteiger charge is -2.09. The SMILES string of the molecule is COc1ccc(N)c(S(=O)Cc2ccc(Br)cc2F)c1. The van der Waals surface area contributed by atoms with E-state index in [-0.39, 0.29) is 5.75 Å². The summed E-state index contributed by atoms with van der Waals surface area (Å²) in [6.45, 7) is 0. The normalized spacial score (nSPS) is 12.2. The smallest absolute Gasteiger partial charge is 0.128 e. The summed E-state index contributed by atoms with van der Waals surface area (Å²) in [4.78, 5) is 0.451. The van der Waals surface area contributed by atoms with Crippen molar-refractivity contribution >= 4 is 32.4 Å². The fraction of sp³-hybridized carbons (Fsp3) is 0.143. The lowest BCUT2D eigenvalue weighted by Crippen LogP contribution is -2.03. The minimum absolute atomic E-state index is 0.0660. The van der Waals surface area contributed by atoms with Gasteiger partial charge in [0.25, 0.3) is 0 Å². The summed E-state index contributed by atoms with van der Waals surface area (Å²) in [5, 5.41) is 0. The summed E-state index contributed by atoms with van der Waals surface area (Å²) in [5.74, 6) is 0.240. The Kier molecular flexibility index (Phi) is 4.77. The molecule has 3 nitrogen and oxygen atoms in total. The fourth-order valence-electron chi connectivity index (χ4n) is 1.70. The van der Waals surface area contributed by atoms with Gasteiger partial charge in [-0.05, 0) is 30.3 Å². The molecule has 1 unspecified atom stereocenters. The van der Waals surface area contributed by atoms with Crippen LogP contribution in [-0.4, -0.2) is 11.3 Å². The van der Waals surface area contributed by atoms with Gasteiger partial charge in [0.2, 0.25) is 0 Å². The molecule has 2 rings (SSSR count). The quantitative estimate of drug-likeness (QED) is 0.852. The van der Waals surface area contributed by atoms with Gasteiger partial charge < -0.3 is 10.5 Å². The van der Waals surface area contributed by atoms with Crippen LogP contribution in [0.4, 0.5) is 10.1 Å². The van der Waals surface area contributed by atoms with Crippen LogP contribution >= 0.6 is 15.9 Å². The number of anilines is 1. The number of halogens is 2. The topological polar surface area (TPSA) is 52.3 Å². The minimum Gasteiger partial charge on any atom is -0.497 e. The monoisotopic (exact) mass is 357 g/mol. The molecule has 106 valence electrons. The zero-order chi connectivity index (χ0) is 14.7. The summed E-state index contributed by atoms with van der Waals surface area (Å²) in [5.41, 5.74) is 6.60. The Hall–Kier alpha value is -1.40. The molecule has 0 aliphatic heterocycles. The van der Waals surface area contributed by atoms with Gasteiger partial charge >= 0.3 is 0 Å². The highest BCUT2D eigenvalue weighted by atomic mass is 79.9. The number of benzene rings is 2. The van der Waals surface area contributed by atoms with E-state index in [4.69, 9.17) is 10.5 Å². The van der Waals surface area contributed by atoms with Crippen LogP contribution in [0.25, 0.3) is 0 Å². The Bertz CT molecular complexity index is 664. The summed E-state index contributed by atoms with van der Waals surface area (Å²) in [7, 11) is 0.0854. The number of hydrogen-bond acceptors (Lipinski definition) is 3. The average Bonchev–Trinajstić information content (AvgIpc) is 2.42. The second-order valence-corrected chi connectivity index (χ2v) is 6.46. The maximum atomic E-state index is 13.8. The van der Waals surface area contributed by atoms with E-state index in [2.05, 4.69) is 15.9 Å². The predicted molar refractivity (Wildman–Crippen MR) is 81.6 cm³/mol. The predicted octanol–water partition coefficient (Wildman–Crippen LogP) is 3.49. The van der Waals surface area contributed by atoms with E-state index in [1.807, 2.05) is 0 Å². The van der Waals surface area contributed by atoms with Crippen molar-refractivity contribution < 1.29 is 13.3 Å². The van der Waals surface area contributed by atoms with Crippen molar-refractivity contribution in [1.29, 1.82) is 0 Å². The number of methoxy groups -OCH3 is 1. The molecule has 20 heavy (non-hydrogen) atoms. The molecule has 0 radical (unpaired) electrons. The molecule has 0 aliphatic rings. The first-order chi connectivity index (χ1) is 9.51. The molecule has 0 saturated heterocycles. The summed E-state index contributed by atoms with van der Waals surface area (Å²) in [6.07, 6.45) is 0. The summed E-state index contributed by atoms with van der Waals surface area (Å²) < 4.78 is 31.8. The third-order valence-corrected chi connectivity index (χ3v) is 4.68. The van der Waals surface area contributed by atoms with Crippen molar-refractivity contribution in [2.45, 2.75) is 10.6 Å². The molecule has 0 aliphatic carbocycles. The van der Waals surface area contributed by atoms with Gasteiger partial charge in [-0.2, -0.15) is 0 Å². The molecule has 0 bridgehead atoms. The molecule has 0 heterocycles. The van der Waals surface area contributed by atoms with Crippen molar-refractivity contribution in [3.63, 3.8) is 0 Å². The Morgan fingerprint density at radius 3 is 2.70 bits per heavy atom. The molecule has 1 atom stereocenters. The van der Waals surface area contributed by atoms with Gasteiger partial charge in [0.05, 0.1) is 28.6 Å². The lowest BCUT2D eigenvalue weighted by molar-refractivity contribution is 0.413. The molecule has 2 aromatic rings. The first-order valence-electron chi connectivity index (χ1n) is 5.77. The number of ether oxygens (including phenoxy) is 1. The van der Waals surface area contributed by atoms with E-state index in [1.165, 1.54) is 13.2 Å². The van der Waals surface area contributed by atoms with Crippen LogP contribution in [0.2, 0.25) is 0 Å². The van der Waals surface area contributed by atoms with Crippen LogP contribution in [0.3, 0.4) is 0 Å². The van der Waals surface area contributed by atoms with Crippen molar-refractivity contribution in [1.82, 2.24) is 0 Å². The highest BCUT2D eigenvalue weighted by Crippen LogP contribution is 2.25. The van der Waals surface area contributed by atoms with Crippen molar-refractivity contribution in [3.8, 4) is 5.75 Å². The van der Waals surface area contributed by atoms with Gasteiger partial charge in [0.1, 0.15) is 11.6 Å². The van der Waals surface area contributed by atoms with Gasteiger partial charge in [-0.3, -0.25) is 4.21 Å². The molecule has 0 saturated carbocycles. The Morgan fingerprint density at radius 2 is 2.05 bits per heavy atom. The zero-order valence-corrected chi connectivity index (χ0v) is 13.1. The van der Waals surface area contributed by atoms with Crippen LogP contribution in [0, 0.1) is 5.82 Å². The number of hydrogen-bond donors (Lipinski definition) is 1. The number of rotatable bonds is 4. The van der Waals surface area contributed by atoms with E-state index in [9.17, 15) is 8.60 Å². The molecule has 2 N–H and O–H groups in total. The van der Waals surface area contributed by atoms with Crippen molar-refractivity contribution in [2.24, 2.45) is 0 Å². The molecular formula is C14H13BrFNO2S. The second-order valence-electron chi connectivity index (χ2n) is 4.13. The standard InChI is InChI=1S/C14H13BrFNO2S/c1-19-11-4-5-13(17)14(7-11)20(18)8-9-2-3-10(15)6-12(9)16/h2-7H,8,17H2,1H3. The van der Waals surface area contributed by atoms with Crippen molar-refractivity contribution in [2.75, 3.05) is 12.8 Å². The van der Waals surface area contributed by atoms with E-state index in [0.717, 1.165) is 0 Å². The van der Waals surface area contributed by atoms with Gasteiger partial charge in [0.15, 0.2) is 0 Å². The number of nitrogens with two attached hydrogens (primary N) is 1. The maximum absolute atomic E-state index is 13.8. The first-order valence-corrected chi connectivity index (χ1v) is 7.88. The zero-order valence-electron chi connectivity index (χ0n) is 10.7. The van der Waals surface area contributed by atoms with Gasteiger partial charge in [-0.25, -0.2) is 4.39 Å². The minimum atomic E-state index is -1.44. The maximum Gasteiger partial charge on any atom is 0.128 e. The van der Waals surface area contributed by atoms with Gasteiger partial charge in [-0.15, -0.1) is 0 Å². The highest BCUT2D eigenvalue weighted by Gasteiger charge is 2.13. The highest BCUT2D eigenvalue weighted by molar-refractivity contribution is 9.10. The largest absolute Gasteiger partial charge is 0.497 e. The third-order valence-electron chi connectivity index (χ3n) is 2.77. The summed E-state index contributed by atoms with van der Waals surface area (Å²) in [6, 6.07) is 9.60. The van der Waals surface area contributed by atoms with E-state index in [1.54, 1.807) is 30.3 Å². The van der Waals surface area contributed by atoms with Crippen LogP contribution in [0.15, 0.2) is 45.8 Å². The Balaban J connectivity index is 2.28. The van der Waals surface area contributed by atoms with E-state index < -0.39 is 16.6 Å². The van der Waals surface area contributed by atoms with Gasteiger partial charge in [-0.1, -0.05) is 22.0 Å². The first kappa shape index (κ1) is 15.0. The second kappa shape index (κ2) is 6.37. The van der Waals surface area contributed by atoms with Crippen LogP contribution < -0.4 is 10.5 Å². The van der Waals surface area contributed by atoms with Crippen LogP contribution in [0.5, 0.6) is 5.75 Å². The third kappa shape index (κ3) is 3.37. The Labute approximate surface area is 127 Å². The van der Waals surface area contributed by atoms with Crippen LogP contribution in [0.1, 0.15) is 5.56 Å². The molecule has 2 aromatic carbocycles. The molecule has 0 amide bonds. The fourth-order valence-corrected chi connectivity index (χ4v) is 3.28. The molecular weight excluding hydrogens is 345 g/mol. The molecule has 0 spiro atoms. The van der Waals surface area contributed by atoms with Crippen molar-refractivity contribution in [3.05, 3.63) is 52.3 Å². The van der Waals surface area contributed by atoms with E-state index >= 15 is 0 Å². The number of nitrogen functional groups attached to an aromatic ring is 1. The molecule has 6 heteroatoms. The lowest BCUT2D eigenvalue weighted by atomic mass is 10.2. The van der Waals surface area contributed by atoms with E-state index in [0.29, 0.717) is 26.4 Å². The summed E-state index contributed by atoms with van der Waals surface area (Å²) >= 11 is 3.19. The van der Waals surface area contributed by atoms with Gasteiger partial charge in [0, 0.05) is 15.7 Å². The Morgan fingerprint density at radius 1 is 1.30 bits per heavy atom.